The number of rotatable bonds is 6. The Balaban J connectivity index is 1.49. The van der Waals surface area contributed by atoms with Crippen molar-refractivity contribution in [1.29, 1.82) is 0 Å². The molecule has 1 aromatic heterocycles. The summed E-state index contributed by atoms with van der Waals surface area (Å²) in [6.07, 6.45) is 3.81. The summed E-state index contributed by atoms with van der Waals surface area (Å²) in [6.45, 7) is 1.53. The lowest BCUT2D eigenvalue weighted by molar-refractivity contribution is -0.135. The van der Waals surface area contributed by atoms with Crippen LogP contribution in [0.4, 0.5) is 5.69 Å². The van der Waals surface area contributed by atoms with Crippen molar-refractivity contribution in [1.82, 2.24) is 14.6 Å². The number of nitrogen functional groups attached to an aromatic ring is 1. The first-order valence-electron chi connectivity index (χ1n) is 8.75. The number of carboxylic acids is 1. The van der Waals surface area contributed by atoms with E-state index < -0.39 is 18.4 Å². The predicted molar refractivity (Wildman–Crippen MR) is 104 cm³/mol. The number of nitrogens with zero attached hydrogens (tertiary/aromatic N) is 2. The largest absolute Gasteiger partial charge is 0.480 e. The van der Waals surface area contributed by atoms with E-state index in [1.54, 1.807) is 24.2 Å². The summed E-state index contributed by atoms with van der Waals surface area (Å²) in [5, 5.41) is 10.9. The normalized spacial score (nSPS) is 15.4. The number of piperidine rings is 1. The summed E-state index contributed by atoms with van der Waals surface area (Å²) in [5.74, 6) is -1.02. The van der Waals surface area contributed by atoms with Gasteiger partial charge in [0.25, 0.3) is 5.91 Å². The average Bonchev–Trinajstić information content (AvgIpc) is 2.68. The lowest BCUT2D eigenvalue weighted by Crippen LogP contribution is -2.29. The Bertz CT molecular complexity index is 788. The van der Waals surface area contributed by atoms with Crippen LogP contribution in [-0.4, -0.2) is 45.9 Å². The second-order valence-electron chi connectivity index (χ2n) is 6.42. The molecule has 1 saturated heterocycles. The Labute approximate surface area is 162 Å². The van der Waals surface area contributed by atoms with Crippen LogP contribution in [0.1, 0.15) is 34.8 Å². The first-order valence-corrected chi connectivity index (χ1v) is 9.53. The van der Waals surface area contributed by atoms with E-state index in [9.17, 15) is 9.59 Å². The van der Waals surface area contributed by atoms with Gasteiger partial charge in [0.05, 0.1) is 0 Å². The molecule has 0 radical (unpaired) electrons. The van der Waals surface area contributed by atoms with Crippen LogP contribution in [0.15, 0.2) is 47.5 Å². The Morgan fingerprint density at radius 3 is 2.48 bits per heavy atom. The number of hydrogen-bond acceptors (Lipinski definition) is 6. The van der Waals surface area contributed by atoms with E-state index in [2.05, 4.69) is 26.7 Å². The molecule has 0 unspecified atom stereocenters. The van der Waals surface area contributed by atoms with E-state index in [0.29, 0.717) is 5.92 Å². The number of carboxylic acid groups (broad SMARTS) is 1. The summed E-state index contributed by atoms with van der Waals surface area (Å²) in [4.78, 5) is 27.4. The van der Waals surface area contributed by atoms with Gasteiger partial charge in [-0.25, -0.2) is 9.29 Å². The quantitative estimate of drug-likeness (QED) is 0.516. The molecule has 27 heavy (non-hydrogen) atoms. The molecule has 1 aliphatic rings. The lowest BCUT2D eigenvalue weighted by atomic mass is 9.90. The highest BCUT2D eigenvalue weighted by Gasteiger charge is 2.21. The zero-order valence-corrected chi connectivity index (χ0v) is 15.6. The monoisotopic (exact) mass is 386 g/mol. The van der Waals surface area contributed by atoms with Gasteiger partial charge in [0.2, 0.25) is 0 Å². The molecule has 142 valence electrons. The van der Waals surface area contributed by atoms with Crippen LogP contribution >= 0.6 is 11.9 Å². The van der Waals surface area contributed by atoms with E-state index in [4.69, 9.17) is 10.8 Å². The van der Waals surface area contributed by atoms with Crippen molar-refractivity contribution >= 4 is 29.5 Å². The van der Waals surface area contributed by atoms with Crippen LogP contribution in [-0.2, 0) is 4.79 Å². The Morgan fingerprint density at radius 1 is 1.19 bits per heavy atom. The maximum absolute atomic E-state index is 11.8. The third kappa shape index (κ3) is 5.45. The number of benzene rings is 1. The van der Waals surface area contributed by atoms with Gasteiger partial charge in [-0.2, -0.15) is 0 Å². The molecule has 0 spiro atoms. The fourth-order valence-corrected chi connectivity index (χ4v) is 3.93. The van der Waals surface area contributed by atoms with Gasteiger partial charge in [0.1, 0.15) is 12.2 Å². The third-order valence-electron chi connectivity index (χ3n) is 4.47. The number of carbonyl (C=O) groups excluding carboxylic acids is 1. The van der Waals surface area contributed by atoms with E-state index in [1.807, 2.05) is 18.2 Å². The van der Waals surface area contributed by atoms with Crippen LogP contribution in [0, 0.1) is 0 Å². The second kappa shape index (κ2) is 8.88. The molecular formula is C19H22N4O3S. The maximum Gasteiger partial charge on any atom is 0.322 e. The van der Waals surface area contributed by atoms with Gasteiger partial charge in [-0.3, -0.25) is 9.59 Å². The Hall–Kier alpha value is -2.58. The summed E-state index contributed by atoms with van der Waals surface area (Å²) in [5.41, 5.74) is 8.10. The highest BCUT2D eigenvalue weighted by molar-refractivity contribution is 7.97. The molecular weight excluding hydrogens is 364 g/mol. The fraction of sp³-hybridized carbons (Fsp3) is 0.316. The van der Waals surface area contributed by atoms with Crippen molar-refractivity contribution in [2.24, 2.45) is 0 Å². The molecule has 4 N–H and O–H groups in total. The number of anilines is 1. The predicted octanol–water partition coefficient (Wildman–Crippen LogP) is 2.36. The number of pyridine rings is 1. The molecule has 1 amide bonds. The summed E-state index contributed by atoms with van der Waals surface area (Å²) >= 11 is 1.63. The van der Waals surface area contributed by atoms with Crippen LogP contribution in [0.5, 0.6) is 0 Å². The van der Waals surface area contributed by atoms with Crippen LogP contribution < -0.4 is 11.1 Å². The number of hydrogen-bond donors (Lipinski definition) is 3. The minimum absolute atomic E-state index is 0.211. The summed E-state index contributed by atoms with van der Waals surface area (Å²) < 4.78 is 2.30. The van der Waals surface area contributed by atoms with Crippen molar-refractivity contribution < 1.29 is 14.7 Å². The van der Waals surface area contributed by atoms with Crippen molar-refractivity contribution in [2.75, 3.05) is 25.4 Å². The molecule has 1 aliphatic heterocycles. The minimum atomic E-state index is -1.09. The van der Waals surface area contributed by atoms with E-state index >= 15 is 0 Å². The molecule has 8 heteroatoms. The standard InChI is InChI=1S/C19H22N4O3S/c20-15-3-1-13(2-4-15)14-7-9-23(10-8-14)27-16-5-6-17(21-11-16)19(26)22-12-18(24)25/h1-6,11,14H,7-10,12,20H2,(H,22,26)(H,24,25). The smallest absolute Gasteiger partial charge is 0.322 e. The van der Waals surface area contributed by atoms with Gasteiger partial charge >= 0.3 is 5.97 Å². The molecule has 3 rings (SSSR count). The van der Waals surface area contributed by atoms with Crippen LogP contribution in [0.3, 0.4) is 0 Å². The van der Waals surface area contributed by atoms with Gasteiger partial charge in [0, 0.05) is 29.9 Å². The average molecular weight is 386 g/mol. The topological polar surface area (TPSA) is 109 Å². The van der Waals surface area contributed by atoms with Crippen molar-refractivity contribution in [2.45, 2.75) is 23.7 Å². The SMILES string of the molecule is Nc1ccc(C2CCN(Sc3ccc(C(=O)NCC(=O)O)nc3)CC2)cc1. The number of amides is 1. The van der Waals surface area contributed by atoms with Crippen molar-refractivity contribution in [3.8, 4) is 0 Å². The summed E-state index contributed by atoms with van der Waals surface area (Å²) in [6, 6.07) is 11.6. The number of nitrogens with two attached hydrogens (primary N) is 1. The Kier molecular flexibility index (Phi) is 6.31. The lowest BCUT2D eigenvalue weighted by Gasteiger charge is -2.31. The highest BCUT2D eigenvalue weighted by Crippen LogP contribution is 2.33. The molecule has 0 bridgehead atoms. The maximum atomic E-state index is 11.8. The molecule has 1 aromatic carbocycles. The van der Waals surface area contributed by atoms with E-state index in [-0.39, 0.29) is 5.69 Å². The third-order valence-corrected chi connectivity index (χ3v) is 5.54. The minimum Gasteiger partial charge on any atom is -0.480 e. The molecule has 0 atom stereocenters. The van der Waals surface area contributed by atoms with Gasteiger partial charge in [-0.15, -0.1) is 0 Å². The number of carbonyl (C=O) groups is 2. The molecule has 2 aromatic rings. The zero-order chi connectivity index (χ0) is 19.2. The molecule has 2 heterocycles. The number of nitrogens with one attached hydrogen (secondary N) is 1. The fourth-order valence-electron chi connectivity index (χ4n) is 3.01. The van der Waals surface area contributed by atoms with Crippen LogP contribution in [0.2, 0.25) is 0 Å². The van der Waals surface area contributed by atoms with E-state index in [0.717, 1.165) is 36.5 Å². The Morgan fingerprint density at radius 2 is 1.89 bits per heavy atom. The number of aliphatic carboxylic acids is 1. The molecule has 0 aliphatic carbocycles. The first-order chi connectivity index (χ1) is 13.0. The molecule has 1 fully saturated rings. The van der Waals surface area contributed by atoms with Crippen molar-refractivity contribution in [3.63, 3.8) is 0 Å². The number of aromatic nitrogens is 1. The highest BCUT2D eigenvalue weighted by atomic mass is 32.2. The van der Waals surface area contributed by atoms with Gasteiger partial charge in [-0.1, -0.05) is 12.1 Å². The second-order valence-corrected chi connectivity index (χ2v) is 7.59. The molecule has 0 saturated carbocycles. The summed E-state index contributed by atoms with van der Waals surface area (Å²) in [7, 11) is 0. The first kappa shape index (κ1) is 19.2. The van der Waals surface area contributed by atoms with Crippen molar-refractivity contribution in [3.05, 3.63) is 53.9 Å². The van der Waals surface area contributed by atoms with Gasteiger partial charge < -0.3 is 16.2 Å². The molecule has 7 nitrogen and oxygen atoms in total. The van der Waals surface area contributed by atoms with Crippen LogP contribution in [0.25, 0.3) is 0 Å². The van der Waals surface area contributed by atoms with E-state index in [1.165, 1.54) is 5.56 Å². The van der Waals surface area contributed by atoms with Gasteiger partial charge in [-0.05, 0) is 60.5 Å². The zero-order valence-electron chi connectivity index (χ0n) is 14.8. The van der Waals surface area contributed by atoms with Gasteiger partial charge in [0.15, 0.2) is 0 Å².